The van der Waals surface area contributed by atoms with Gasteiger partial charge in [0.25, 0.3) is 0 Å². The summed E-state index contributed by atoms with van der Waals surface area (Å²) >= 11 is 1.28. The first-order chi connectivity index (χ1) is 16.5. The number of hydrogen-bond acceptors (Lipinski definition) is 6. The van der Waals surface area contributed by atoms with Crippen LogP contribution in [0.2, 0.25) is 0 Å². The van der Waals surface area contributed by atoms with Crippen molar-refractivity contribution in [1.29, 1.82) is 0 Å². The maximum absolute atomic E-state index is 11.5. The molecule has 0 radical (unpaired) electrons. The Morgan fingerprint density at radius 2 is 1.92 bits per heavy atom. The predicted octanol–water partition coefficient (Wildman–Crippen LogP) is 5.73. The van der Waals surface area contributed by atoms with Gasteiger partial charge in [-0.25, -0.2) is 0 Å². The second-order valence-corrected chi connectivity index (χ2v) is 10.4. The lowest BCUT2D eigenvalue weighted by Gasteiger charge is -2.35. The molecular weight excluding hydrogens is 606 g/mol. The van der Waals surface area contributed by atoms with E-state index < -0.39 is 0 Å². The Balaban J connectivity index is 0.00000228. The van der Waals surface area contributed by atoms with Gasteiger partial charge >= 0.3 is 4.87 Å². The minimum absolute atomic E-state index is 0. The Morgan fingerprint density at radius 1 is 1.08 bits per heavy atom. The van der Waals surface area contributed by atoms with Crippen molar-refractivity contribution in [2.24, 2.45) is 0 Å². The van der Waals surface area contributed by atoms with Gasteiger partial charge in [0.15, 0.2) is 11.5 Å². The molecule has 0 bridgehead atoms. The third-order valence-corrected chi connectivity index (χ3v) is 7.79. The van der Waals surface area contributed by atoms with Crippen LogP contribution in [0.15, 0.2) is 35.1 Å². The zero-order valence-electron chi connectivity index (χ0n) is 20.9. The number of H-pyrrole nitrogens is 1. The van der Waals surface area contributed by atoms with Gasteiger partial charge in [0.05, 0.1) is 10.2 Å². The van der Waals surface area contributed by atoms with Crippen molar-refractivity contribution in [3.05, 3.63) is 56.7 Å². The molecule has 0 fully saturated rings. The molecule has 0 amide bonds. The number of phenols is 2. The second-order valence-electron chi connectivity index (χ2n) is 9.41. The molecule has 0 spiro atoms. The van der Waals surface area contributed by atoms with Crippen molar-refractivity contribution >= 4 is 55.5 Å². The van der Waals surface area contributed by atoms with Crippen molar-refractivity contribution in [3.8, 4) is 11.5 Å². The van der Waals surface area contributed by atoms with Gasteiger partial charge < -0.3 is 25.4 Å². The maximum atomic E-state index is 11.5. The third-order valence-electron chi connectivity index (χ3n) is 6.94. The smallest absolute Gasteiger partial charge is 0.305 e. The summed E-state index contributed by atoms with van der Waals surface area (Å²) in [6, 6.07) is 10.3. The van der Waals surface area contributed by atoms with Crippen molar-refractivity contribution < 1.29 is 10.2 Å². The van der Waals surface area contributed by atoms with Gasteiger partial charge in [0, 0.05) is 11.6 Å². The Hall–Kier alpha value is -1.39. The van der Waals surface area contributed by atoms with E-state index in [1.165, 1.54) is 41.7 Å². The summed E-state index contributed by atoms with van der Waals surface area (Å²) in [5.74, 6) is 0.0731. The maximum Gasteiger partial charge on any atom is 0.305 e. The SMILES string of the molecule is Br.Br.CCCN(CCCCCNCCc1ccc2[nH]c(=O)sc2c1)C1CCc2c(ccc(O)c2O)C1. The fourth-order valence-electron chi connectivity index (χ4n) is 5.12. The summed E-state index contributed by atoms with van der Waals surface area (Å²) in [7, 11) is 0. The van der Waals surface area contributed by atoms with E-state index in [1.807, 2.05) is 12.1 Å². The normalized spacial score (nSPS) is 14.9. The predicted molar refractivity (Wildman–Crippen MR) is 161 cm³/mol. The van der Waals surface area contributed by atoms with E-state index in [4.69, 9.17) is 0 Å². The number of unbranched alkanes of at least 4 members (excludes halogenated alkanes) is 2. The summed E-state index contributed by atoms with van der Waals surface area (Å²) < 4.78 is 1.04. The number of aromatic nitrogens is 1. The van der Waals surface area contributed by atoms with Crippen LogP contribution in [0.5, 0.6) is 11.5 Å². The van der Waals surface area contributed by atoms with E-state index in [0.717, 1.165) is 74.1 Å². The van der Waals surface area contributed by atoms with Crippen molar-refractivity contribution in [3.63, 3.8) is 0 Å². The topological polar surface area (TPSA) is 88.6 Å². The lowest BCUT2D eigenvalue weighted by molar-refractivity contribution is 0.175. The Labute approximate surface area is 238 Å². The molecule has 200 valence electrons. The quantitative estimate of drug-likeness (QED) is 0.149. The average Bonchev–Trinajstić information content (AvgIpc) is 3.21. The van der Waals surface area contributed by atoms with E-state index >= 15 is 0 Å². The number of fused-ring (bicyclic) bond motifs is 2. The largest absolute Gasteiger partial charge is 0.504 e. The number of nitrogens with zero attached hydrogens (tertiary/aromatic N) is 1. The molecule has 6 nitrogen and oxygen atoms in total. The highest BCUT2D eigenvalue weighted by Gasteiger charge is 2.26. The van der Waals surface area contributed by atoms with Crippen molar-refractivity contribution in [2.45, 2.75) is 64.3 Å². The highest BCUT2D eigenvalue weighted by atomic mass is 79.9. The third kappa shape index (κ3) is 8.05. The van der Waals surface area contributed by atoms with Crippen LogP contribution in [0.25, 0.3) is 10.2 Å². The molecular formula is C27H39Br2N3O3S. The summed E-state index contributed by atoms with van der Waals surface area (Å²) in [4.78, 5) is 16.9. The van der Waals surface area contributed by atoms with Crippen LogP contribution >= 0.6 is 45.3 Å². The van der Waals surface area contributed by atoms with Crippen LogP contribution in [0, 0.1) is 0 Å². The summed E-state index contributed by atoms with van der Waals surface area (Å²) in [6.45, 7) is 6.47. The molecule has 0 aliphatic heterocycles. The van der Waals surface area contributed by atoms with Crippen LogP contribution < -0.4 is 10.2 Å². The lowest BCUT2D eigenvalue weighted by Crippen LogP contribution is -2.40. The first-order valence-corrected chi connectivity index (χ1v) is 13.5. The van der Waals surface area contributed by atoms with E-state index in [0.29, 0.717) is 6.04 Å². The van der Waals surface area contributed by atoms with Gasteiger partial charge in [-0.2, -0.15) is 0 Å². The molecule has 1 atom stereocenters. The van der Waals surface area contributed by atoms with Crippen LogP contribution in [-0.4, -0.2) is 52.3 Å². The Kier molecular flexibility index (Phi) is 13.0. The van der Waals surface area contributed by atoms with Gasteiger partial charge in [-0.05, 0) is 100 Å². The van der Waals surface area contributed by atoms with E-state index in [2.05, 4.69) is 34.3 Å². The molecule has 1 unspecified atom stereocenters. The van der Waals surface area contributed by atoms with Gasteiger partial charge in [-0.15, -0.1) is 34.0 Å². The monoisotopic (exact) mass is 643 g/mol. The molecule has 1 heterocycles. The minimum Gasteiger partial charge on any atom is -0.504 e. The second kappa shape index (κ2) is 15.1. The number of halogens is 2. The molecule has 4 rings (SSSR count). The number of benzene rings is 2. The molecule has 36 heavy (non-hydrogen) atoms. The van der Waals surface area contributed by atoms with Gasteiger partial charge in [0.1, 0.15) is 0 Å². The highest BCUT2D eigenvalue weighted by Crippen LogP contribution is 2.36. The zero-order valence-corrected chi connectivity index (χ0v) is 25.2. The van der Waals surface area contributed by atoms with Gasteiger partial charge in [-0.3, -0.25) is 4.79 Å². The summed E-state index contributed by atoms with van der Waals surface area (Å²) in [5.41, 5.74) is 4.31. The van der Waals surface area contributed by atoms with E-state index in [1.54, 1.807) is 6.07 Å². The minimum atomic E-state index is -0.00343. The van der Waals surface area contributed by atoms with E-state index in [9.17, 15) is 15.0 Å². The number of hydrogen-bond donors (Lipinski definition) is 4. The number of phenolic OH excluding ortho intramolecular Hbond substituents is 2. The van der Waals surface area contributed by atoms with Crippen LogP contribution in [0.4, 0.5) is 0 Å². The Morgan fingerprint density at radius 3 is 2.72 bits per heavy atom. The number of aromatic hydroxyl groups is 2. The number of rotatable bonds is 12. The van der Waals surface area contributed by atoms with Crippen LogP contribution in [0.1, 0.15) is 55.7 Å². The molecule has 1 aromatic heterocycles. The molecule has 1 aliphatic rings. The molecule has 0 saturated carbocycles. The van der Waals surface area contributed by atoms with Crippen molar-refractivity contribution in [1.82, 2.24) is 15.2 Å². The summed E-state index contributed by atoms with van der Waals surface area (Å²) in [5, 5.41) is 23.5. The molecule has 1 aliphatic carbocycles. The first-order valence-electron chi connectivity index (χ1n) is 12.6. The molecule has 0 saturated heterocycles. The zero-order chi connectivity index (χ0) is 23.9. The van der Waals surface area contributed by atoms with Gasteiger partial charge in [0.2, 0.25) is 0 Å². The van der Waals surface area contributed by atoms with Crippen LogP contribution in [-0.2, 0) is 19.3 Å². The highest BCUT2D eigenvalue weighted by molar-refractivity contribution is 8.93. The van der Waals surface area contributed by atoms with Crippen molar-refractivity contribution in [2.75, 3.05) is 26.2 Å². The number of thiazole rings is 1. The molecule has 4 N–H and O–H groups in total. The average molecular weight is 646 g/mol. The van der Waals surface area contributed by atoms with E-state index in [-0.39, 0.29) is 50.3 Å². The Bertz CT molecular complexity index is 1150. The number of aromatic amines is 1. The first kappa shape index (κ1) is 30.8. The fraction of sp³-hybridized carbons (Fsp3) is 0.519. The molecule has 9 heteroatoms. The van der Waals surface area contributed by atoms with Crippen LogP contribution in [0.3, 0.4) is 0 Å². The standard InChI is InChI=1S/C27H37N3O3S.2BrH/c1-2-15-30(21-8-9-22-20(18-21)7-11-24(31)26(22)32)16-5-3-4-13-28-14-12-19-6-10-23-25(17-19)34-27(33)29-23;;/h6-7,10-11,17,21,28,31-32H,2-5,8-9,12-16,18H2,1H3,(H,29,33);2*1H. The fourth-order valence-corrected chi connectivity index (χ4v) is 5.92. The molecule has 3 aromatic rings. The molecule has 2 aromatic carbocycles. The summed E-state index contributed by atoms with van der Waals surface area (Å²) in [6.07, 6.45) is 8.55. The lowest BCUT2D eigenvalue weighted by atomic mass is 9.86. The number of nitrogens with one attached hydrogen (secondary N) is 2. The van der Waals surface area contributed by atoms with Gasteiger partial charge in [-0.1, -0.05) is 36.8 Å².